The predicted octanol–water partition coefficient (Wildman–Crippen LogP) is 3.59. The summed E-state index contributed by atoms with van der Waals surface area (Å²) in [4.78, 5) is 2.26. The molecule has 0 spiro atoms. The molecule has 2 rings (SSSR count). The average Bonchev–Trinajstić information content (AvgIpc) is 2.93. The van der Waals surface area contributed by atoms with E-state index in [1.165, 1.54) is 6.42 Å². The Hall–Kier alpha value is -0.540. The molecule has 1 fully saturated rings. The Morgan fingerprint density at radius 2 is 2.18 bits per heavy atom. The normalized spacial score (nSPS) is 24.5. The molecule has 2 nitrogen and oxygen atoms in total. The number of nitrogens with zero attached hydrogens (tertiary/aromatic N) is 1. The number of rotatable bonds is 4. The van der Waals surface area contributed by atoms with Crippen LogP contribution in [0.3, 0.4) is 0 Å². The first-order chi connectivity index (χ1) is 7.99. The summed E-state index contributed by atoms with van der Waals surface area (Å²) in [5.41, 5.74) is 2.14. The van der Waals surface area contributed by atoms with E-state index in [9.17, 15) is 5.11 Å². The van der Waals surface area contributed by atoms with Gasteiger partial charge in [-0.05, 0) is 37.3 Å². The predicted molar refractivity (Wildman–Crippen MR) is 75.3 cm³/mol. The van der Waals surface area contributed by atoms with E-state index in [2.05, 4.69) is 40.9 Å². The Morgan fingerprint density at radius 3 is 2.71 bits per heavy atom. The second-order valence-electron chi connectivity index (χ2n) is 5.23. The highest BCUT2D eigenvalue weighted by molar-refractivity contribution is 9.10. The van der Waals surface area contributed by atoms with Crippen LogP contribution >= 0.6 is 15.9 Å². The van der Waals surface area contributed by atoms with E-state index in [1.54, 1.807) is 0 Å². The fraction of sp³-hybridized carbons (Fsp3) is 0.571. The van der Waals surface area contributed by atoms with E-state index in [0.29, 0.717) is 0 Å². The van der Waals surface area contributed by atoms with Crippen molar-refractivity contribution in [3.63, 3.8) is 0 Å². The van der Waals surface area contributed by atoms with Gasteiger partial charge in [-0.25, -0.2) is 0 Å². The van der Waals surface area contributed by atoms with Gasteiger partial charge in [-0.15, -0.1) is 0 Å². The molecule has 1 aromatic rings. The number of benzene rings is 1. The Morgan fingerprint density at radius 1 is 1.53 bits per heavy atom. The SMILES string of the molecule is CC(O)c1ccc(Br)cc1N(C)CC1CC1C. The van der Waals surface area contributed by atoms with Crippen LogP contribution in [0.15, 0.2) is 22.7 Å². The number of aliphatic hydroxyl groups excluding tert-OH is 1. The summed E-state index contributed by atoms with van der Waals surface area (Å²) in [7, 11) is 2.11. The minimum Gasteiger partial charge on any atom is -0.389 e. The van der Waals surface area contributed by atoms with Gasteiger partial charge in [0.05, 0.1) is 6.10 Å². The molecule has 3 atom stereocenters. The van der Waals surface area contributed by atoms with Gasteiger partial charge in [0.1, 0.15) is 0 Å². The second kappa shape index (κ2) is 4.99. The minimum absolute atomic E-state index is 0.419. The van der Waals surface area contributed by atoms with Gasteiger partial charge in [-0.2, -0.15) is 0 Å². The van der Waals surface area contributed by atoms with Gasteiger partial charge in [0.25, 0.3) is 0 Å². The number of aliphatic hydroxyl groups is 1. The summed E-state index contributed by atoms with van der Waals surface area (Å²) >= 11 is 3.50. The third-order valence-electron chi connectivity index (χ3n) is 3.64. The molecule has 3 heteroatoms. The number of halogens is 1. The molecule has 3 unspecified atom stereocenters. The highest BCUT2D eigenvalue weighted by Crippen LogP contribution is 2.39. The van der Waals surface area contributed by atoms with Gasteiger partial charge >= 0.3 is 0 Å². The Balaban J connectivity index is 2.19. The van der Waals surface area contributed by atoms with Gasteiger partial charge in [0.15, 0.2) is 0 Å². The van der Waals surface area contributed by atoms with Crippen LogP contribution in [0.1, 0.15) is 31.9 Å². The summed E-state index contributed by atoms with van der Waals surface area (Å²) < 4.78 is 1.06. The van der Waals surface area contributed by atoms with E-state index < -0.39 is 6.10 Å². The molecule has 0 aromatic heterocycles. The van der Waals surface area contributed by atoms with Crippen molar-refractivity contribution in [2.45, 2.75) is 26.4 Å². The summed E-state index contributed by atoms with van der Waals surface area (Å²) in [5.74, 6) is 1.68. The lowest BCUT2D eigenvalue weighted by Crippen LogP contribution is -2.22. The molecule has 0 radical (unpaired) electrons. The fourth-order valence-corrected chi connectivity index (χ4v) is 2.65. The molecule has 1 saturated carbocycles. The molecule has 1 N–H and O–H groups in total. The molecular weight excluding hydrogens is 278 g/mol. The summed E-state index contributed by atoms with van der Waals surface area (Å²) in [5, 5.41) is 9.80. The van der Waals surface area contributed by atoms with Crippen molar-refractivity contribution in [3.8, 4) is 0 Å². The molecule has 17 heavy (non-hydrogen) atoms. The highest BCUT2D eigenvalue weighted by atomic mass is 79.9. The zero-order valence-electron chi connectivity index (χ0n) is 10.7. The van der Waals surface area contributed by atoms with Crippen molar-refractivity contribution in [1.82, 2.24) is 0 Å². The molecule has 1 aromatic carbocycles. The number of hydrogen-bond donors (Lipinski definition) is 1. The van der Waals surface area contributed by atoms with Crippen LogP contribution in [-0.2, 0) is 0 Å². The molecule has 0 aliphatic heterocycles. The molecule has 0 bridgehead atoms. The van der Waals surface area contributed by atoms with Crippen molar-refractivity contribution < 1.29 is 5.11 Å². The van der Waals surface area contributed by atoms with E-state index in [4.69, 9.17) is 0 Å². The van der Waals surface area contributed by atoms with E-state index in [-0.39, 0.29) is 0 Å². The summed E-state index contributed by atoms with van der Waals surface area (Å²) in [6.07, 6.45) is 0.916. The standard InChI is InChI=1S/C14H20BrNO/c1-9-6-11(9)8-16(3)14-7-12(15)4-5-13(14)10(2)17/h4-5,7,9-11,17H,6,8H2,1-3H3. The zero-order valence-corrected chi connectivity index (χ0v) is 12.2. The quantitative estimate of drug-likeness (QED) is 0.918. The third kappa shape index (κ3) is 3.02. The van der Waals surface area contributed by atoms with Crippen molar-refractivity contribution >= 4 is 21.6 Å². The van der Waals surface area contributed by atoms with Crippen molar-refractivity contribution in [2.24, 2.45) is 11.8 Å². The Bertz CT molecular complexity index is 405. The molecular formula is C14H20BrNO. The van der Waals surface area contributed by atoms with E-state index in [1.807, 2.05) is 19.1 Å². The minimum atomic E-state index is -0.419. The molecule has 0 saturated heterocycles. The summed E-state index contributed by atoms with van der Waals surface area (Å²) in [6, 6.07) is 6.07. The number of hydrogen-bond acceptors (Lipinski definition) is 2. The maximum atomic E-state index is 9.80. The largest absolute Gasteiger partial charge is 0.389 e. The van der Waals surface area contributed by atoms with Gasteiger partial charge < -0.3 is 10.0 Å². The number of anilines is 1. The lowest BCUT2D eigenvalue weighted by atomic mass is 10.1. The van der Waals surface area contributed by atoms with Crippen molar-refractivity contribution in [3.05, 3.63) is 28.2 Å². The smallest absolute Gasteiger partial charge is 0.0782 e. The van der Waals surface area contributed by atoms with Gasteiger partial charge in [0, 0.05) is 29.3 Å². The van der Waals surface area contributed by atoms with Gasteiger partial charge in [-0.3, -0.25) is 0 Å². The first-order valence-electron chi connectivity index (χ1n) is 6.17. The van der Waals surface area contributed by atoms with Crippen molar-refractivity contribution in [1.29, 1.82) is 0 Å². The van der Waals surface area contributed by atoms with Crippen LogP contribution < -0.4 is 4.90 Å². The average molecular weight is 298 g/mol. The molecule has 0 heterocycles. The fourth-order valence-electron chi connectivity index (χ4n) is 2.30. The van der Waals surface area contributed by atoms with Crippen LogP contribution in [0.5, 0.6) is 0 Å². The Kier molecular flexibility index (Phi) is 3.79. The first-order valence-corrected chi connectivity index (χ1v) is 6.97. The van der Waals surface area contributed by atoms with Crippen LogP contribution in [0.2, 0.25) is 0 Å². The molecule has 1 aliphatic carbocycles. The lowest BCUT2D eigenvalue weighted by molar-refractivity contribution is 0.199. The van der Waals surface area contributed by atoms with Gasteiger partial charge in [0.2, 0.25) is 0 Å². The Labute approximate surface area is 112 Å². The monoisotopic (exact) mass is 297 g/mol. The first kappa shape index (κ1) is 12.9. The topological polar surface area (TPSA) is 23.5 Å². The van der Waals surface area contributed by atoms with E-state index in [0.717, 1.165) is 34.1 Å². The van der Waals surface area contributed by atoms with Crippen LogP contribution in [0.25, 0.3) is 0 Å². The van der Waals surface area contributed by atoms with Crippen LogP contribution in [0, 0.1) is 11.8 Å². The molecule has 94 valence electrons. The maximum Gasteiger partial charge on any atom is 0.0782 e. The van der Waals surface area contributed by atoms with Crippen LogP contribution in [0.4, 0.5) is 5.69 Å². The highest BCUT2D eigenvalue weighted by Gasteiger charge is 2.33. The van der Waals surface area contributed by atoms with Crippen molar-refractivity contribution in [2.75, 3.05) is 18.5 Å². The zero-order chi connectivity index (χ0) is 12.6. The molecule has 1 aliphatic rings. The third-order valence-corrected chi connectivity index (χ3v) is 4.13. The van der Waals surface area contributed by atoms with E-state index >= 15 is 0 Å². The maximum absolute atomic E-state index is 9.80. The lowest BCUT2D eigenvalue weighted by Gasteiger charge is -2.24. The molecule has 0 amide bonds. The second-order valence-corrected chi connectivity index (χ2v) is 6.15. The summed E-state index contributed by atoms with van der Waals surface area (Å²) in [6.45, 7) is 5.20. The van der Waals surface area contributed by atoms with Gasteiger partial charge in [-0.1, -0.05) is 28.9 Å². The van der Waals surface area contributed by atoms with Crippen LogP contribution in [-0.4, -0.2) is 18.7 Å².